The van der Waals surface area contributed by atoms with E-state index in [0.717, 1.165) is 12.0 Å². The fourth-order valence-corrected chi connectivity index (χ4v) is 5.25. The standard InChI is InChI=1S/C31H33N3O2S/c1-22-14-16-24(17-15-22)20-28-23(2)33-31(34(3)30(28)36)37-21-29(35)32-19-18-27(25-10-6-4-7-11-25)26-12-8-5-9-13-26/h4-17,27H,18-21H2,1-3H3,(H,32,35). The Morgan fingerprint density at radius 3 is 2.11 bits per heavy atom. The Labute approximate surface area is 223 Å². The molecule has 0 spiro atoms. The lowest BCUT2D eigenvalue weighted by Gasteiger charge is -2.18. The van der Waals surface area contributed by atoms with Gasteiger partial charge in [-0.1, -0.05) is 102 Å². The van der Waals surface area contributed by atoms with Gasteiger partial charge >= 0.3 is 0 Å². The highest BCUT2D eigenvalue weighted by Gasteiger charge is 2.16. The van der Waals surface area contributed by atoms with E-state index in [1.54, 1.807) is 11.6 Å². The van der Waals surface area contributed by atoms with Crippen LogP contribution in [-0.4, -0.2) is 27.8 Å². The normalized spacial score (nSPS) is 11.0. The summed E-state index contributed by atoms with van der Waals surface area (Å²) in [5, 5.41) is 3.60. The van der Waals surface area contributed by atoms with E-state index in [1.165, 1.54) is 28.5 Å². The second-order valence-corrected chi connectivity index (χ2v) is 10.2. The van der Waals surface area contributed by atoms with E-state index in [4.69, 9.17) is 0 Å². The van der Waals surface area contributed by atoms with E-state index < -0.39 is 0 Å². The predicted molar refractivity (Wildman–Crippen MR) is 151 cm³/mol. The number of aryl methyl sites for hydroxylation is 2. The SMILES string of the molecule is Cc1ccc(Cc2c(C)nc(SCC(=O)NCCC(c3ccccc3)c3ccccc3)n(C)c2=O)cc1. The van der Waals surface area contributed by atoms with Crippen LogP contribution in [-0.2, 0) is 18.3 Å². The molecule has 1 aromatic heterocycles. The van der Waals surface area contributed by atoms with E-state index >= 15 is 0 Å². The van der Waals surface area contributed by atoms with Gasteiger partial charge in [-0.3, -0.25) is 14.2 Å². The summed E-state index contributed by atoms with van der Waals surface area (Å²) in [6.45, 7) is 4.47. The molecule has 4 aromatic rings. The van der Waals surface area contributed by atoms with Crippen molar-refractivity contribution in [1.29, 1.82) is 0 Å². The van der Waals surface area contributed by atoms with Crippen molar-refractivity contribution in [2.45, 2.75) is 37.8 Å². The fourth-order valence-electron chi connectivity index (χ4n) is 4.41. The average Bonchev–Trinajstić information content (AvgIpc) is 2.92. The summed E-state index contributed by atoms with van der Waals surface area (Å²) in [7, 11) is 1.72. The molecule has 1 heterocycles. The Kier molecular flexibility index (Phi) is 8.96. The molecule has 0 saturated carbocycles. The zero-order chi connectivity index (χ0) is 26.2. The highest BCUT2D eigenvalue weighted by Crippen LogP contribution is 2.27. The first kappa shape index (κ1) is 26.4. The molecule has 3 aromatic carbocycles. The van der Waals surface area contributed by atoms with Gasteiger partial charge in [-0.05, 0) is 37.0 Å². The van der Waals surface area contributed by atoms with Crippen LogP contribution in [0.5, 0.6) is 0 Å². The third-order valence-electron chi connectivity index (χ3n) is 6.54. The second kappa shape index (κ2) is 12.5. The maximum Gasteiger partial charge on any atom is 0.257 e. The first-order chi connectivity index (χ1) is 17.9. The molecule has 4 rings (SSSR count). The number of benzene rings is 3. The Morgan fingerprint density at radius 1 is 0.919 bits per heavy atom. The lowest BCUT2D eigenvalue weighted by Crippen LogP contribution is -2.29. The summed E-state index contributed by atoms with van der Waals surface area (Å²) >= 11 is 1.29. The number of aromatic nitrogens is 2. The van der Waals surface area contributed by atoms with Gasteiger partial charge in [-0.2, -0.15) is 0 Å². The maximum atomic E-state index is 13.1. The van der Waals surface area contributed by atoms with Gasteiger partial charge in [0.1, 0.15) is 0 Å². The van der Waals surface area contributed by atoms with Crippen molar-refractivity contribution >= 4 is 17.7 Å². The van der Waals surface area contributed by atoms with E-state index in [0.29, 0.717) is 29.4 Å². The lowest BCUT2D eigenvalue weighted by molar-refractivity contribution is -0.118. The topological polar surface area (TPSA) is 64.0 Å². The summed E-state index contributed by atoms with van der Waals surface area (Å²) in [5.74, 6) is 0.348. The number of rotatable bonds is 10. The van der Waals surface area contributed by atoms with E-state index in [1.807, 2.05) is 74.5 Å². The number of carbonyl (C=O) groups excluding carboxylic acids is 1. The van der Waals surface area contributed by atoms with Gasteiger partial charge in [-0.25, -0.2) is 4.98 Å². The van der Waals surface area contributed by atoms with Crippen LogP contribution < -0.4 is 10.9 Å². The molecule has 1 amide bonds. The molecule has 190 valence electrons. The molecular formula is C31H33N3O2S. The van der Waals surface area contributed by atoms with Crippen molar-refractivity contribution < 1.29 is 4.79 Å². The Morgan fingerprint density at radius 2 is 1.51 bits per heavy atom. The zero-order valence-corrected chi connectivity index (χ0v) is 22.4. The second-order valence-electron chi connectivity index (χ2n) is 9.29. The summed E-state index contributed by atoms with van der Waals surface area (Å²) in [4.78, 5) is 30.3. The molecule has 0 unspecified atom stereocenters. The third kappa shape index (κ3) is 6.98. The number of amides is 1. The minimum absolute atomic E-state index is 0.0652. The van der Waals surface area contributed by atoms with Gasteiger partial charge in [0.25, 0.3) is 5.56 Å². The van der Waals surface area contributed by atoms with Crippen LogP contribution >= 0.6 is 11.8 Å². The molecule has 6 heteroatoms. The first-order valence-corrected chi connectivity index (χ1v) is 13.5. The van der Waals surface area contributed by atoms with Crippen molar-refractivity contribution in [2.24, 2.45) is 7.05 Å². The smallest absolute Gasteiger partial charge is 0.257 e. The fraction of sp³-hybridized carbons (Fsp3) is 0.258. The monoisotopic (exact) mass is 511 g/mol. The molecule has 0 atom stereocenters. The first-order valence-electron chi connectivity index (χ1n) is 12.5. The maximum absolute atomic E-state index is 13.1. The van der Waals surface area contributed by atoms with Gasteiger partial charge < -0.3 is 5.32 Å². The zero-order valence-electron chi connectivity index (χ0n) is 21.6. The van der Waals surface area contributed by atoms with Crippen molar-refractivity contribution in [2.75, 3.05) is 12.3 Å². The molecule has 0 bridgehead atoms. The van der Waals surface area contributed by atoms with Crippen LogP contribution in [0.2, 0.25) is 0 Å². The lowest BCUT2D eigenvalue weighted by atomic mass is 9.88. The van der Waals surface area contributed by atoms with Gasteiger partial charge in [0.2, 0.25) is 5.91 Å². The highest BCUT2D eigenvalue weighted by molar-refractivity contribution is 7.99. The number of thioether (sulfide) groups is 1. The van der Waals surface area contributed by atoms with Crippen LogP contribution in [0.25, 0.3) is 0 Å². The summed E-state index contributed by atoms with van der Waals surface area (Å²) in [5.41, 5.74) is 6.07. The Bertz CT molecular complexity index is 1340. The van der Waals surface area contributed by atoms with Gasteiger partial charge in [0, 0.05) is 37.2 Å². The molecule has 1 N–H and O–H groups in total. The number of hydrogen-bond donors (Lipinski definition) is 1. The van der Waals surface area contributed by atoms with Crippen LogP contribution in [0.3, 0.4) is 0 Å². The molecular weight excluding hydrogens is 478 g/mol. The van der Waals surface area contributed by atoms with Gasteiger partial charge in [0.15, 0.2) is 5.16 Å². The number of carbonyl (C=O) groups is 1. The number of hydrogen-bond acceptors (Lipinski definition) is 4. The Balaban J connectivity index is 1.35. The van der Waals surface area contributed by atoms with Gasteiger partial charge in [0.05, 0.1) is 5.75 Å². The summed E-state index contributed by atoms with van der Waals surface area (Å²) in [6.07, 6.45) is 1.34. The van der Waals surface area contributed by atoms with Gasteiger partial charge in [-0.15, -0.1) is 0 Å². The largest absolute Gasteiger partial charge is 0.355 e. The number of nitrogens with one attached hydrogen (secondary N) is 1. The van der Waals surface area contributed by atoms with Crippen LogP contribution in [0.1, 0.15) is 45.8 Å². The summed E-state index contributed by atoms with van der Waals surface area (Å²) < 4.78 is 1.55. The molecule has 0 radical (unpaired) electrons. The molecule has 0 aliphatic rings. The van der Waals surface area contributed by atoms with E-state index in [9.17, 15) is 9.59 Å². The number of nitrogens with zero attached hydrogens (tertiary/aromatic N) is 2. The van der Waals surface area contributed by atoms with Crippen LogP contribution in [0.4, 0.5) is 0 Å². The molecule has 0 fully saturated rings. The van der Waals surface area contributed by atoms with Crippen molar-refractivity contribution in [3.63, 3.8) is 0 Å². The van der Waals surface area contributed by atoms with Crippen LogP contribution in [0, 0.1) is 13.8 Å². The van der Waals surface area contributed by atoms with Crippen LogP contribution in [0.15, 0.2) is 94.9 Å². The molecule has 0 aliphatic heterocycles. The molecule has 37 heavy (non-hydrogen) atoms. The van der Waals surface area contributed by atoms with E-state index in [-0.39, 0.29) is 23.1 Å². The predicted octanol–water partition coefficient (Wildman–Crippen LogP) is 5.42. The quantitative estimate of drug-likeness (QED) is 0.228. The minimum atomic E-state index is -0.0690. The molecule has 0 aliphatic carbocycles. The highest BCUT2D eigenvalue weighted by atomic mass is 32.2. The average molecular weight is 512 g/mol. The summed E-state index contributed by atoms with van der Waals surface area (Å²) in [6, 6.07) is 28.9. The molecule has 5 nitrogen and oxygen atoms in total. The van der Waals surface area contributed by atoms with Crippen molar-refractivity contribution in [3.8, 4) is 0 Å². The Hall–Kier alpha value is -3.64. The van der Waals surface area contributed by atoms with Crippen molar-refractivity contribution in [1.82, 2.24) is 14.9 Å². The minimum Gasteiger partial charge on any atom is -0.355 e. The van der Waals surface area contributed by atoms with E-state index in [2.05, 4.69) is 34.6 Å². The molecule has 0 saturated heterocycles. The third-order valence-corrected chi connectivity index (χ3v) is 7.57. The van der Waals surface area contributed by atoms with Crippen molar-refractivity contribution in [3.05, 3.63) is 129 Å².